The smallest absolute Gasteiger partial charge is 0.371 e. The van der Waals surface area contributed by atoms with E-state index in [1.54, 1.807) is 18.2 Å². The Morgan fingerprint density at radius 3 is 2.33 bits per heavy atom. The second kappa shape index (κ2) is 10.8. The molecule has 5 nitrogen and oxygen atoms in total. The summed E-state index contributed by atoms with van der Waals surface area (Å²) in [7, 11) is 0. The van der Waals surface area contributed by atoms with Crippen LogP contribution in [0, 0.1) is 5.82 Å². The van der Waals surface area contributed by atoms with Crippen LogP contribution in [0.1, 0.15) is 44.7 Å². The number of rotatable bonds is 6. The fraction of sp³-hybridized carbons (Fsp3) is 0.259. The highest BCUT2D eigenvalue weighted by Crippen LogP contribution is 2.29. The molecule has 0 spiro atoms. The van der Waals surface area contributed by atoms with Gasteiger partial charge in [0.15, 0.2) is 0 Å². The quantitative estimate of drug-likeness (QED) is 0.460. The van der Waals surface area contributed by atoms with E-state index in [1.807, 2.05) is 17.0 Å². The summed E-state index contributed by atoms with van der Waals surface area (Å²) >= 11 is 0. The normalized spacial score (nSPS) is 14.4. The lowest BCUT2D eigenvalue weighted by atomic mass is 10.0. The van der Waals surface area contributed by atoms with Gasteiger partial charge in [0.05, 0.1) is 11.1 Å². The third-order valence-electron chi connectivity index (χ3n) is 6.11. The van der Waals surface area contributed by atoms with E-state index in [0.717, 1.165) is 12.1 Å². The van der Waals surface area contributed by atoms with Crippen LogP contribution in [0.5, 0.6) is 0 Å². The van der Waals surface area contributed by atoms with Crippen molar-refractivity contribution in [2.75, 3.05) is 18.0 Å². The summed E-state index contributed by atoms with van der Waals surface area (Å²) in [4.78, 5) is 27.4. The highest BCUT2D eigenvalue weighted by Gasteiger charge is 2.30. The minimum absolute atomic E-state index is 0.0364. The summed E-state index contributed by atoms with van der Waals surface area (Å²) in [5.41, 5.74) is 0.994. The van der Waals surface area contributed by atoms with Crippen LogP contribution < -0.4 is 15.5 Å². The van der Waals surface area contributed by atoms with Crippen molar-refractivity contribution < 1.29 is 27.2 Å². The first-order valence-corrected chi connectivity index (χ1v) is 11.6. The summed E-state index contributed by atoms with van der Waals surface area (Å²) < 4.78 is 52.3. The van der Waals surface area contributed by atoms with E-state index in [-0.39, 0.29) is 30.0 Å². The number of halogens is 4. The SMILES string of the molecule is O=C(NC1CCN(c2ccccc2C(=O)NCc2cccc(C(F)(F)F)c2)CC1)c1cccc(F)c1. The molecular weight excluding hydrogens is 474 g/mol. The van der Waals surface area contributed by atoms with Gasteiger partial charge in [0.1, 0.15) is 5.82 Å². The molecule has 0 aromatic heterocycles. The van der Waals surface area contributed by atoms with Gasteiger partial charge in [0.25, 0.3) is 11.8 Å². The number of alkyl halides is 3. The van der Waals surface area contributed by atoms with Crippen molar-refractivity contribution in [3.8, 4) is 0 Å². The maximum absolute atomic E-state index is 13.4. The van der Waals surface area contributed by atoms with Crippen molar-refractivity contribution in [1.29, 1.82) is 0 Å². The molecule has 1 saturated heterocycles. The molecule has 0 unspecified atom stereocenters. The molecule has 2 amide bonds. The Bertz CT molecular complexity index is 1240. The molecule has 0 saturated carbocycles. The number of nitrogens with zero attached hydrogens (tertiary/aromatic N) is 1. The van der Waals surface area contributed by atoms with E-state index in [1.165, 1.54) is 30.3 Å². The minimum atomic E-state index is -4.45. The molecule has 1 aliphatic heterocycles. The van der Waals surface area contributed by atoms with Crippen LogP contribution in [0.15, 0.2) is 72.8 Å². The van der Waals surface area contributed by atoms with E-state index < -0.39 is 17.6 Å². The number of amides is 2. The summed E-state index contributed by atoms with van der Waals surface area (Å²) in [6.45, 7) is 1.14. The predicted octanol–water partition coefficient (Wildman–Crippen LogP) is 5.17. The Kier molecular flexibility index (Phi) is 7.57. The lowest BCUT2D eigenvalue weighted by molar-refractivity contribution is -0.137. The van der Waals surface area contributed by atoms with E-state index in [4.69, 9.17) is 0 Å². The third kappa shape index (κ3) is 6.21. The molecule has 0 atom stereocenters. The van der Waals surface area contributed by atoms with Gasteiger partial charge in [-0.2, -0.15) is 13.2 Å². The molecular formula is C27H25F4N3O2. The van der Waals surface area contributed by atoms with E-state index in [9.17, 15) is 27.2 Å². The van der Waals surface area contributed by atoms with Gasteiger partial charge in [-0.05, 0) is 60.9 Å². The molecule has 9 heteroatoms. The Hall–Kier alpha value is -3.88. The molecule has 0 bridgehead atoms. The van der Waals surface area contributed by atoms with Crippen molar-refractivity contribution in [1.82, 2.24) is 10.6 Å². The zero-order valence-corrected chi connectivity index (χ0v) is 19.3. The number of benzene rings is 3. The Morgan fingerprint density at radius 1 is 0.889 bits per heavy atom. The first-order chi connectivity index (χ1) is 17.2. The summed E-state index contributed by atoms with van der Waals surface area (Å²) in [5, 5.41) is 5.64. The molecule has 1 heterocycles. The Labute approximate surface area is 206 Å². The standard InChI is InChI=1S/C27H25F4N3O2/c28-21-8-4-6-19(16-21)25(35)33-22-11-13-34(14-12-22)24-10-2-1-9-23(24)26(36)32-17-18-5-3-7-20(15-18)27(29,30)31/h1-10,15-16,22H,11-14,17H2,(H,32,36)(H,33,35). The van der Waals surface area contributed by atoms with Gasteiger partial charge in [-0.1, -0.05) is 30.3 Å². The maximum Gasteiger partial charge on any atom is 0.416 e. The van der Waals surface area contributed by atoms with Crippen LogP contribution in [-0.4, -0.2) is 30.9 Å². The number of piperidine rings is 1. The third-order valence-corrected chi connectivity index (χ3v) is 6.11. The molecule has 4 rings (SSSR count). The summed E-state index contributed by atoms with van der Waals surface area (Å²) in [6, 6.07) is 17.3. The molecule has 0 radical (unpaired) electrons. The highest BCUT2D eigenvalue weighted by molar-refractivity contribution is 5.99. The highest BCUT2D eigenvalue weighted by atomic mass is 19.4. The van der Waals surface area contributed by atoms with Gasteiger partial charge < -0.3 is 15.5 Å². The summed E-state index contributed by atoms with van der Waals surface area (Å²) in [5.74, 6) is -1.19. The van der Waals surface area contributed by atoms with E-state index >= 15 is 0 Å². The zero-order valence-electron chi connectivity index (χ0n) is 19.3. The van der Waals surface area contributed by atoms with Crippen LogP contribution in [0.25, 0.3) is 0 Å². The lowest BCUT2D eigenvalue weighted by Gasteiger charge is -2.35. The summed E-state index contributed by atoms with van der Waals surface area (Å²) in [6.07, 6.45) is -3.17. The maximum atomic E-state index is 13.4. The molecule has 0 aliphatic carbocycles. The fourth-order valence-electron chi connectivity index (χ4n) is 4.24. The number of hydrogen-bond donors (Lipinski definition) is 2. The van der Waals surface area contributed by atoms with Gasteiger partial charge >= 0.3 is 6.18 Å². The molecule has 3 aromatic carbocycles. The number of nitrogens with one attached hydrogen (secondary N) is 2. The molecule has 3 aromatic rings. The van der Waals surface area contributed by atoms with Gasteiger partial charge in [0.2, 0.25) is 0 Å². The number of anilines is 1. The second-order valence-electron chi connectivity index (χ2n) is 8.64. The number of carbonyl (C=O) groups excluding carboxylic acids is 2. The van der Waals surface area contributed by atoms with Gasteiger partial charge in [-0.15, -0.1) is 0 Å². The molecule has 1 aliphatic rings. The average Bonchev–Trinajstić information content (AvgIpc) is 2.87. The van der Waals surface area contributed by atoms with Crippen molar-refractivity contribution in [3.05, 3.63) is 101 Å². The van der Waals surface area contributed by atoms with Crippen molar-refractivity contribution in [2.45, 2.75) is 31.6 Å². The zero-order chi connectivity index (χ0) is 25.7. The monoisotopic (exact) mass is 499 g/mol. The topological polar surface area (TPSA) is 61.4 Å². The number of hydrogen-bond acceptors (Lipinski definition) is 3. The predicted molar refractivity (Wildman–Crippen MR) is 128 cm³/mol. The minimum Gasteiger partial charge on any atom is -0.371 e. The van der Waals surface area contributed by atoms with Crippen molar-refractivity contribution in [2.24, 2.45) is 0 Å². The van der Waals surface area contributed by atoms with Gasteiger partial charge in [-0.25, -0.2) is 4.39 Å². The van der Waals surface area contributed by atoms with Gasteiger partial charge in [0, 0.05) is 36.9 Å². The molecule has 36 heavy (non-hydrogen) atoms. The fourth-order valence-corrected chi connectivity index (χ4v) is 4.24. The van der Waals surface area contributed by atoms with Crippen LogP contribution in [-0.2, 0) is 12.7 Å². The molecule has 188 valence electrons. The first kappa shape index (κ1) is 25.2. The lowest BCUT2D eigenvalue weighted by Crippen LogP contribution is -2.45. The Balaban J connectivity index is 1.36. The van der Waals surface area contributed by atoms with Crippen molar-refractivity contribution in [3.63, 3.8) is 0 Å². The van der Waals surface area contributed by atoms with Crippen LogP contribution in [0.3, 0.4) is 0 Å². The van der Waals surface area contributed by atoms with E-state index in [0.29, 0.717) is 42.7 Å². The second-order valence-corrected chi connectivity index (χ2v) is 8.64. The van der Waals surface area contributed by atoms with Gasteiger partial charge in [-0.3, -0.25) is 9.59 Å². The largest absolute Gasteiger partial charge is 0.416 e. The Morgan fingerprint density at radius 2 is 1.61 bits per heavy atom. The molecule has 1 fully saturated rings. The van der Waals surface area contributed by atoms with E-state index in [2.05, 4.69) is 10.6 Å². The van der Waals surface area contributed by atoms with Crippen LogP contribution >= 0.6 is 0 Å². The number of carbonyl (C=O) groups is 2. The van der Waals surface area contributed by atoms with Crippen LogP contribution in [0.2, 0.25) is 0 Å². The first-order valence-electron chi connectivity index (χ1n) is 11.6. The number of para-hydroxylation sites is 1. The average molecular weight is 500 g/mol. The van der Waals surface area contributed by atoms with Crippen molar-refractivity contribution >= 4 is 17.5 Å². The molecule has 2 N–H and O–H groups in total. The van der Waals surface area contributed by atoms with Crippen LogP contribution in [0.4, 0.5) is 23.2 Å².